The molecule has 5 nitrogen and oxygen atoms in total. The monoisotopic (exact) mass is 475 g/mol. The lowest BCUT2D eigenvalue weighted by Gasteiger charge is -2.07. The molecule has 0 aliphatic rings. The Bertz CT molecular complexity index is 713. The Kier molecular flexibility index (Phi) is 7.41. The third-order valence-electron chi connectivity index (χ3n) is 2.89. The van der Waals surface area contributed by atoms with Crippen LogP contribution in [0.15, 0.2) is 38.6 Å². The molecule has 1 heterocycles. The summed E-state index contributed by atoms with van der Waals surface area (Å²) in [6.45, 7) is 3.01. The fourth-order valence-corrected chi connectivity index (χ4v) is 3.73. The average Bonchev–Trinajstić information content (AvgIpc) is 2.91. The lowest BCUT2D eigenvalue weighted by molar-refractivity contribution is 0.0335. The van der Waals surface area contributed by atoms with E-state index in [0.717, 1.165) is 8.26 Å². The topological polar surface area (TPSA) is 64.6 Å². The van der Waals surface area contributed by atoms with Crippen LogP contribution in [-0.2, 0) is 9.47 Å². The molecule has 1 aromatic heterocycles. The van der Waals surface area contributed by atoms with E-state index >= 15 is 0 Å². The zero-order valence-corrected chi connectivity index (χ0v) is 16.8. The van der Waals surface area contributed by atoms with Gasteiger partial charge in [-0.15, -0.1) is 11.3 Å². The number of rotatable bonds is 7. The van der Waals surface area contributed by atoms with Gasteiger partial charge in [-0.05, 0) is 63.0 Å². The van der Waals surface area contributed by atoms with Crippen molar-refractivity contribution >= 4 is 60.8 Å². The number of hydrogen-bond acceptors (Lipinski definition) is 5. The molecular formula is C16H15Br2NO4S. The first-order valence-electron chi connectivity index (χ1n) is 7.12. The Balaban J connectivity index is 1.99. The van der Waals surface area contributed by atoms with Gasteiger partial charge in [0.25, 0.3) is 5.91 Å². The second-order valence-electron chi connectivity index (χ2n) is 4.60. The van der Waals surface area contributed by atoms with Gasteiger partial charge in [-0.1, -0.05) is 6.07 Å². The molecule has 2 aromatic rings. The van der Waals surface area contributed by atoms with Crippen molar-refractivity contribution in [3.05, 3.63) is 49.0 Å². The van der Waals surface area contributed by atoms with Gasteiger partial charge in [0.2, 0.25) is 0 Å². The van der Waals surface area contributed by atoms with Gasteiger partial charge in [-0.2, -0.15) is 0 Å². The highest BCUT2D eigenvalue weighted by Gasteiger charge is 2.13. The van der Waals surface area contributed by atoms with Crippen molar-refractivity contribution in [3.63, 3.8) is 0 Å². The molecule has 8 heteroatoms. The van der Waals surface area contributed by atoms with Crippen molar-refractivity contribution in [2.24, 2.45) is 0 Å². The number of benzene rings is 1. The fourth-order valence-electron chi connectivity index (χ4n) is 1.80. The van der Waals surface area contributed by atoms with E-state index in [-0.39, 0.29) is 12.5 Å². The molecule has 0 aliphatic heterocycles. The van der Waals surface area contributed by atoms with Gasteiger partial charge < -0.3 is 14.8 Å². The third-order valence-corrected chi connectivity index (χ3v) is 6.15. The number of carbonyl (C=O) groups excluding carboxylic acids is 2. The number of ether oxygens (including phenoxy) is 2. The smallest absolute Gasteiger partial charge is 0.338 e. The molecular weight excluding hydrogens is 462 g/mol. The Morgan fingerprint density at radius 3 is 2.67 bits per heavy atom. The second-order valence-corrected chi connectivity index (χ2v) is 7.82. The number of nitrogens with one attached hydrogen (secondary N) is 1. The Hall–Kier alpha value is -1.22. The minimum atomic E-state index is -0.451. The minimum absolute atomic E-state index is 0.195. The summed E-state index contributed by atoms with van der Waals surface area (Å²) in [7, 11) is 0. The van der Waals surface area contributed by atoms with E-state index in [1.54, 1.807) is 30.3 Å². The normalized spacial score (nSPS) is 10.5. The van der Waals surface area contributed by atoms with Gasteiger partial charge in [0.1, 0.15) is 6.61 Å². The minimum Gasteiger partial charge on any atom is -0.460 e. The molecule has 1 amide bonds. The molecule has 1 N–H and O–H groups in total. The van der Waals surface area contributed by atoms with Crippen LogP contribution in [0.3, 0.4) is 0 Å². The zero-order chi connectivity index (χ0) is 17.5. The highest BCUT2D eigenvalue weighted by atomic mass is 79.9. The van der Waals surface area contributed by atoms with Crippen LogP contribution in [-0.4, -0.2) is 31.7 Å². The highest BCUT2D eigenvalue weighted by Crippen LogP contribution is 2.32. The summed E-state index contributed by atoms with van der Waals surface area (Å²) in [5.74, 6) is -0.694. The molecule has 0 atom stereocenters. The van der Waals surface area contributed by atoms with E-state index in [2.05, 4.69) is 37.2 Å². The SMILES string of the molecule is CCOCCOC(=O)c1cccc(NC(=O)c2cc(Br)c(Br)s2)c1. The van der Waals surface area contributed by atoms with Crippen LogP contribution in [0.5, 0.6) is 0 Å². The van der Waals surface area contributed by atoms with Gasteiger partial charge in [0.05, 0.1) is 20.8 Å². The largest absolute Gasteiger partial charge is 0.460 e. The first-order chi connectivity index (χ1) is 11.5. The molecule has 128 valence electrons. The highest BCUT2D eigenvalue weighted by molar-refractivity contribution is 9.13. The number of hydrogen-bond donors (Lipinski definition) is 1. The maximum absolute atomic E-state index is 12.2. The van der Waals surface area contributed by atoms with Crippen LogP contribution >= 0.6 is 43.2 Å². The molecule has 24 heavy (non-hydrogen) atoms. The molecule has 1 aromatic carbocycles. The number of halogens is 2. The van der Waals surface area contributed by atoms with Crippen LogP contribution in [0.25, 0.3) is 0 Å². The quantitative estimate of drug-likeness (QED) is 0.463. The summed E-state index contributed by atoms with van der Waals surface area (Å²) in [4.78, 5) is 24.7. The summed E-state index contributed by atoms with van der Waals surface area (Å²) in [5, 5.41) is 2.77. The number of amides is 1. The predicted molar refractivity (Wildman–Crippen MR) is 101 cm³/mol. The van der Waals surface area contributed by atoms with E-state index in [1.807, 2.05) is 6.92 Å². The van der Waals surface area contributed by atoms with E-state index in [4.69, 9.17) is 9.47 Å². The molecule has 0 spiro atoms. The summed E-state index contributed by atoms with van der Waals surface area (Å²) in [6, 6.07) is 8.35. The average molecular weight is 477 g/mol. The summed E-state index contributed by atoms with van der Waals surface area (Å²) in [6.07, 6.45) is 0. The third kappa shape index (κ3) is 5.41. The van der Waals surface area contributed by atoms with Gasteiger partial charge in [0.15, 0.2) is 0 Å². The lowest BCUT2D eigenvalue weighted by Crippen LogP contribution is -2.13. The molecule has 0 unspecified atom stereocenters. The van der Waals surface area contributed by atoms with Gasteiger partial charge in [-0.25, -0.2) is 4.79 Å². The number of carbonyl (C=O) groups is 2. The molecule has 0 saturated heterocycles. The number of thiophene rings is 1. The summed E-state index contributed by atoms with van der Waals surface area (Å²) < 4.78 is 11.9. The van der Waals surface area contributed by atoms with E-state index in [9.17, 15) is 9.59 Å². The molecule has 0 aliphatic carbocycles. The van der Waals surface area contributed by atoms with Crippen molar-refractivity contribution in [1.29, 1.82) is 0 Å². The van der Waals surface area contributed by atoms with E-state index < -0.39 is 5.97 Å². The van der Waals surface area contributed by atoms with Crippen LogP contribution in [0.1, 0.15) is 27.0 Å². The maximum Gasteiger partial charge on any atom is 0.338 e. The van der Waals surface area contributed by atoms with Crippen LogP contribution < -0.4 is 5.32 Å². The van der Waals surface area contributed by atoms with Crippen molar-refractivity contribution in [2.75, 3.05) is 25.1 Å². The Labute approximate surface area is 160 Å². The van der Waals surface area contributed by atoms with Crippen LogP contribution in [0.4, 0.5) is 5.69 Å². The number of esters is 1. The van der Waals surface area contributed by atoms with Crippen LogP contribution in [0.2, 0.25) is 0 Å². The van der Waals surface area contributed by atoms with Crippen molar-refractivity contribution in [3.8, 4) is 0 Å². The zero-order valence-electron chi connectivity index (χ0n) is 12.8. The predicted octanol–water partition coefficient (Wildman–Crippen LogP) is 4.72. The van der Waals surface area contributed by atoms with Crippen molar-refractivity contribution in [1.82, 2.24) is 0 Å². The first-order valence-corrected chi connectivity index (χ1v) is 9.52. The second kappa shape index (κ2) is 9.31. The number of anilines is 1. The maximum atomic E-state index is 12.2. The van der Waals surface area contributed by atoms with Crippen molar-refractivity contribution in [2.45, 2.75) is 6.92 Å². The lowest BCUT2D eigenvalue weighted by atomic mass is 10.2. The summed E-state index contributed by atoms with van der Waals surface area (Å²) in [5.41, 5.74) is 0.901. The fraction of sp³-hybridized carbons (Fsp3) is 0.250. The summed E-state index contributed by atoms with van der Waals surface area (Å²) >= 11 is 8.02. The molecule has 2 rings (SSSR count). The Morgan fingerprint density at radius 1 is 1.21 bits per heavy atom. The van der Waals surface area contributed by atoms with Gasteiger partial charge in [-0.3, -0.25) is 4.79 Å². The van der Waals surface area contributed by atoms with E-state index in [0.29, 0.717) is 29.3 Å². The molecule has 0 saturated carbocycles. The van der Waals surface area contributed by atoms with Gasteiger partial charge in [0, 0.05) is 16.8 Å². The molecule has 0 bridgehead atoms. The Morgan fingerprint density at radius 2 is 2.00 bits per heavy atom. The molecule has 0 fully saturated rings. The molecule has 0 radical (unpaired) electrons. The van der Waals surface area contributed by atoms with Crippen molar-refractivity contribution < 1.29 is 19.1 Å². The van der Waals surface area contributed by atoms with Crippen LogP contribution in [0, 0.1) is 0 Å². The first kappa shape index (κ1) is 19.1. The van der Waals surface area contributed by atoms with Gasteiger partial charge >= 0.3 is 5.97 Å². The standard InChI is InChI=1S/C16H15Br2NO4S/c1-2-22-6-7-23-16(21)10-4-3-5-11(8-10)19-15(20)13-9-12(17)14(18)24-13/h3-5,8-9H,2,6-7H2,1H3,(H,19,20). The van der Waals surface area contributed by atoms with E-state index in [1.165, 1.54) is 11.3 Å².